The number of nitrogens with two attached hydrogens (primary N) is 1. The molecule has 1 aromatic rings. The van der Waals surface area contributed by atoms with Crippen molar-refractivity contribution in [3.63, 3.8) is 0 Å². The Morgan fingerprint density at radius 3 is 3.00 bits per heavy atom. The SMILES string of the molecule is CCC1CCCCN1C(=O)c1cc(Cl)ccc1N. The first-order valence-electron chi connectivity index (χ1n) is 6.49. The second-order valence-electron chi connectivity index (χ2n) is 4.79. The highest BCUT2D eigenvalue weighted by atomic mass is 35.5. The maximum atomic E-state index is 12.5. The molecule has 1 aliphatic rings. The van der Waals surface area contributed by atoms with E-state index >= 15 is 0 Å². The molecule has 2 rings (SSSR count). The first-order valence-corrected chi connectivity index (χ1v) is 6.87. The largest absolute Gasteiger partial charge is 0.398 e. The number of rotatable bonds is 2. The molecule has 0 aliphatic carbocycles. The third kappa shape index (κ3) is 2.61. The number of anilines is 1. The number of likely N-dealkylation sites (tertiary alicyclic amines) is 1. The highest BCUT2D eigenvalue weighted by Gasteiger charge is 2.27. The van der Waals surface area contributed by atoms with Crippen molar-refractivity contribution in [3.05, 3.63) is 28.8 Å². The first-order chi connectivity index (χ1) is 8.63. The lowest BCUT2D eigenvalue weighted by atomic mass is 9.98. The van der Waals surface area contributed by atoms with Crippen LogP contribution in [0.15, 0.2) is 18.2 Å². The maximum Gasteiger partial charge on any atom is 0.256 e. The standard InChI is InChI=1S/C14H19ClN2O/c1-2-11-5-3-4-8-17(11)14(18)12-9-10(15)6-7-13(12)16/h6-7,9,11H,2-5,8,16H2,1H3. The van der Waals surface area contributed by atoms with Gasteiger partial charge in [0.2, 0.25) is 0 Å². The average molecular weight is 267 g/mol. The van der Waals surface area contributed by atoms with Crippen LogP contribution in [-0.2, 0) is 0 Å². The van der Waals surface area contributed by atoms with Gasteiger partial charge in [-0.1, -0.05) is 18.5 Å². The van der Waals surface area contributed by atoms with Gasteiger partial charge in [0.05, 0.1) is 5.56 Å². The normalized spacial score (nSPS) is 19.9. The number of hydrogen-bond acceptors (Lipinski definition) is 2. The predicted octanol–water partition coefficient (Wildman–Crippen LogP) is 3.33. The van der Waals surface area contributed by atoms with Gasteiger partial charge in [0.15, 0.2) is 0 Å². The Morgan fingerprint density at radius 1 is 1.50 bits per heavy atom. The summed E-state index contributed by atoms with van der Waals surface area (Å²) >= 11 is 5.94. The molecule has 0 radical (unpaired) electrons. The third-order valence-corrected chi connectivity index (χ3v) is 3.84. The second kappa shape index (κ2) is 5.61. The van der Waals surface area contributed by atoms with Gasteiger partial charge in [-0.05, 0) is 43.9 Å². The van der Waals surface area contributed by atoms with Crippen molar-refractivity contribution in [2.75, 3.05) is 12.3 Å². The van der Waals surface area contributed by atoms with Gasteiger partial charge in [-0.3, -0.25) is 4.79 Å². The molecule has 1 fully saturated rings. The van der Waals surface area contributed by atoms with Crippen LogP contribution in [0.1, 0.15) is 43.0 Å². The molecule has 98 valence electrons. The van der Waals surface area contributed by atoms with Crippen molar-refractivity contribution in [1.29, 1.82) is 0 Å². The summed E-state index contributed by atoms with van der Waals surface area (Å²) in [5, 5.41) is 0.553. The number of piperidine rings is 1. The van der Waals surface area contributed by atoms with Crippen molar-refractivity contribution >= 4 is 23.2 Å². The Hall–Kier alpha value is -1.22. The monoisotopic (exact) mass is 266 g/mol. The minimum Gasteiger partial charge on any atom is -0.398 e. The number of carbonyl (C=O) groups excluding carboxylic acids is 1. The average Bonchev–Trinajstić information content (AvgIpc) is 2.40. The van der Waals surface area contributed by atoms with Gasteiger partial charge in [0.1, 0.15) is 0 Å². The molecule has 1 amide bonds. The number of halogens is 1. The fourth-order valence-electron chi connectivity index (χ4n) is 2.56. The lowest BCUT2D eigenvalue weighted by Crippen LogP contribution is -2.43. The molecule has 0 aromatic heterocycles. The van der Waals surface area contributed by atoms with Gasteiger partial charge >= 0.3 is 0 Å². The van der Waals surface area contributed by atoms with Gasteiger partial charge in [-0.15, -0.1) is 0 Å². The van der Waals surface area contributed by atoms with Crippen molar-refractivity contribution in [1.82, 2.24) is 4.90 Å². The first kappa shape index (κ1) is 13.2. The van der Waals surface area contributed by atoms with Crippen LogP contribution >= 0.6 is 11.6 Å². The van der Waals surface area contributed by atoms with Gasteiger partial charge in [-0.25, -0.2) is 0 Å². The fourth-order valence-corrected chi connectivity index (χ4v) is 2.73. The van der Waals surface area contributed by atoms with E-state index in [-0.39, 0.29) is 5.91 Å². The minimum absolute atomic E-state index is 0.0153. The molecule has 4 heteroatoms. The van der Waals surface area contributed by atoms with E-state index in [0.717, 1.165) is 25.8 Å². The van der Waals surface area contributed by atoms with Crippen LogP contribution in [0.4, 0.5) is 5.69 Å². The van der Waals surface area contributed by atoms with Crippen molar-refractivity contribution in [2.24, 2.45) is 0 Å². The molecular weight excluding hydrogens is 248 g/mol. The molecule has 1 unspecified atom stereocenters. The van der Waals surface area contributed by atoms with E-state index in [2.05, 4.69) is 6.92 Å². The number of amides is 1. The molecule has 1 saturated heterocycles. The Balaban J connectivity index is 2.26. The van der Waals surface area contributed by atoms with E-state index in [0.29, 0.717) is 22.3 Å². The van der Waals surface area contributed by atoms with E-state index in [9.17, 15) is 4.79 Å². The minimum atomic E-state index is 0.0153. The van der Waals surface area contributed by atoms with Crippen LogP contribution in [0, 0.1) is 0 Å². The van der Waals surface area contributed by atoms with Crippen molar-refractivity contribution in [3.8, 4) is 0 Å². The maximum absolute atomic E-state index is 12.5. The molecule has 1 heterocycles. The van der Waals surface area contributed by atoms with Crippen LogP contribution in [0.2, 0.25) is 5.02 Å². The molecule has 1 aromatic carbocycles. The lowest BCUT2D eigenvalue weighted by molar-refractivity contribution is 0.0609. The number of nitrogen functional groups attached to an aromatic ring is 1. The fraction of sp³-hybridized carbons (Fsp3) is 0.500. The smallest absolute Gasteiger partial charge is 0.256 e. The van der Waals surface area contributed by atoms with Crippen LogP contribution in [-0.4, -0.2) is 23.4 Å². The van der Waals surface area contributed by atoms with Crippen LogP contribution in [0.3, 0.4) is 0 Å². The Morgan fingerprint density at radius 2 is 2.28 bits per heavy atom. The second-order valence-corrected chi connectivity index (χ2v) is 5.22. The number of carbonyl (C=O) groups is 1. The summed E-state index contributed by atoms with van der Waals surface area (Å²) in [6.45, 7) is 2.95. The molecule has 2 N–H and O–H groups in total. The summed E-state index contributed by atoms with van der Waals surface area (Å²) in [5.41, 5.74) is 6.91. The number of benzene rings is 1. The molecule has 0 bridgehead atoms. The van der Waals surface area contributed by atoms with E-state index in [1.54, 1.807) is 18.2 Å². The van der Waals surface area contributed by atoms with Crippen molar-refractivity contribution in [2.45, 2.75) is 38.6 Å². The molecular formula is C14H19ClN2O. The summed E-state index contributed by atoms with van der Waals surface area (Å²) in [6.07, 6.45) is 4.35. The zero-order valence-electron chi connectivity index (χ0n) is 10.7. The van der Waals surface area contributed by atoms with Crippen LogP contribution in [0.25, 0.3) is 0 Å². The summed E-state index contributed by atoms with van der Waals surface area (Å²) in [4.78, 5) is 14.5. The van der Waals surface area contributed by atoms with Gasteiger partial charge in [-0.2, -0.15) is 0 Å². The van der Waals surface area contributed by atoms with Crippen LogP contribution < -0.4 is 5.73 Å². The van der Waals surface area contributed by atoms with Crippen LogP contribution in [0.5, 0.6) is 0 Å². The van der Waals surface area contributed by atoms with Gasteiger partial charge in [0.25, 0.3) is 5.91 Å². The third-order valence-electron chi connectivity index (χ3n) is 3.60. The van der Waals surface area contributed by atoms with E-state index < -0.39 is 0 Å². The van der Waals surface area contributed by atoms with Gasteiger partial charge in [0, 0.05) is 23.3 Å². The Bertz CT molecular complexity index is 447. The van der Waals surface area contributed by atoms with Crippen molar-refractivity contribution < 1.29 is 4.79 Å². The number of nitrogens with zero attached hydrogens (tertiary/aromatic N) is 1. The Labute approximate surface area is 113 Å². The number of hydrogen-bond donors (Lipinski definition) is 1. The van der Waals surface area contributed by atoms with E-state index in [1.165, 1.54) is 6.42 Å². The molecule has 3 nitrogen and oxygen atoms in total. The van der Waals surface area contributed by atoms with E-state index in [4.69, 9.17) is 17.3 Å². The summed E-state index contributed by atoms with van der Waals surface area (Å²) < 4.78 is 0. The zero-order valence-corrected chi connectivity index (χ0v) is 11.4. The molecule has 18 heavy (non-hydrogen) atoms. The van der Waals surface area contributed by atoms with E-state index in [1.807, 2.05) is 4.90 Å². The topological polar surface area (TPSA) is 46.3 Å². The molecule has 0 saturated carbocycles. The summed E-state index contributed by atoms with van der Waals surface area (Å²) in [7, 11) is 0. The quantitative estimate of drug-likeness (QED) is 0.835. The molecule has 1 aliphatic heterocycles. The highest BCUT2D eigenvalue weighted by molar-refractivity contribution is 6.31. The highest BCUT2D eigenvalue weighted by Crippen LogP contribution is 2.25. The molecule has 0 spiro atoms. The summed E-state index contributed by atoms with van der Waals surface area (Å²) in [5.74, 6) is 0.0153. The zero-order chi connectivity index (χ0) is 13.1. The lowest BCUT2D eigenvalue weighted by Gasteiger charge is -2.35. The summed E-state index contributed by atoms with van der Waals surface area (Å²) in [6, 6.07) is 5.41. The van der Waals surface area contributed by atoms with Gasteiger partial charge < -0.3 is 10.6 Å². The Kier molecular flexibility index (Phi) is 4.12. The predicted molar refractivity (Wildman–Crippen MR) is 74.8 cm³/mol. The molecule has 1 atom stereocenters.